The van der Waals surface area contributed by atoms with Crippen LogP contribution in [-0.4, -0.2) is 37.2 Å². The summed E-state index contributed by atoms with van der Waals surface area (Å²) in [5.41, 5.74) is 0. The largest absolute Gasteiger partial charge is 0.462 e. The van der Waals surface area contributed by atoms with Gasteiger partial charge in [-0.15, -0.1) is 0 Å². The van der Waals surface area contributed by atoms with Crippen LogP contribution >= 0.6 is 0 Å². The number of hydrogen-bond acceptors (Lipinski definition) is 6. The van der Waals surface area contributed by atoms with Gasteiger partial charge in [-0.1, -0.05) is 237 Å². The van der Waals surface area contributed by atoms with Crippen LogP contribution < -0.4 is 0 Å². The summed E-state index contributed by atoms with van der Waals surface area (Å²) in [5.74, 6) is -0.887. The van der Waals surface area contributed by atoms with Crippen LogP contribution in [0.15, 0.2) is 36.5 Å². The Morgan fingerprint density at radius 1 is 0.328 bits per heavy atom. The van der Waals surface area contributed by atoms with Crippen LogP contribution in [0.25, 0.3) is 0 Å². The van der Waals surface area contributed by atoms with Crippen molar-refractivity contribution >= 4 is 17.9 Å². The molecule has 0 rings (SSSR count). The molecule has 0 saturated carbocycles. The summed E-state index contributed by atoms with van der Waals surface area (Å²) in [6, 6.07) is 0. The fraction of sp³-hybridized carbons (Fsp3) is 0.836. The Morgan fingerprint density at radius 2 is 0.590 bits per heavy atom. The monoisotopic (exact) mass is 857 g/mol. The average Bonchev–Trinajstić information content (AvgIpc) is 3.26. The van der Waals surface area contributed by atoms with Crippen molar-refractivity contribution in [2.24, 2.45) is 0 Å². The zero-order chi connectivity index (χ0) is 44.4. The topological polar surface area (TPSA) is 78.9 Å². The Labute approximate surface area is 378 Å². The van der Waals surface area contributed by atoms with Crippen molar-refractivity contribution < 1.29 is 28.6 Å². The Balaban J connectivity index is 4.35. The number of allylic oxidation sites excluding steroid dienone is 6. The summed E-state index contributed by atoms with van der Waals surface area (Å²) >= 11 is 0. The number of esters is 3. The van der Waals surface area contributed by atoms with Gasteiger partial charge in [0.25, 0.3) is 0 Å². The van der Waals surface area contributed by atoms with Crippen molar-refractivity contribution in [2.45, 2.75) is 284 Å². The van der Waals surface area contributed by atoms with E-state index >= 15 is 0 Å². The van der Waals surface area contributed by atoms with Gasteiger partial charge >= 0.3 is 17.9 Å². The molecule has 0 aromatic rings. The second-order valence-electron chi connectivity index (χ2n) is 17.8. The van der Waals surface area contributed by atoms with Crippen molar-refractivity contribution in [3.63, 3.8) is 0 Å². The van der Waals surface area contributed by atoms with Crippen molar-refractivity contribution in [3.05, 3.63) is 36.5 Å². The summed E-state index contributed by atoms with van der Waals surface area (Å²) in [7, 11) is 0. The quantitative estimate of drug-likeness (QED) is 0.0262. The molecule has 0 heterocycles. The molecule has 0 unspecified atom stereocenters. The van der Waals surface area contributed by atoms with E-state index in [0.717, 1.165) is 83.5 Å². The number of carbonyl (C=O) groups is 3. The minimum Gasteiger partial charge on any atom is -0.462 e. The number of ether oxygens (including phenoxy) is 3. The van der Waals surface area contributed by atoms with Crippen LogP contribution in [0, 0.1) is 0 Å². The van der Waals surface area contributed by atoms with Crippen molar-refractivity contribution in [1.29, 1.82) is 0 Å². The van der Waals surface area contributed by atoms with Gasteiger partial charge in [0, 0.05) is 19.3 Å². The maximum Gasteiger partial charge on any atom is 0.306 e. The highest BCUT2D eigenvalue weighted by atomic mass is 16.6. The first-order valence-electron chi connectivity index (χ1n) is 26.5. The molecule has 6 nitrogen and oxygen atoms in total. The highest BCUT2D eigenvalue weighted by Crippen LogP contribution is 2.16. The zero-order valence-electron chi connectivity index (χ0n) is 40.7. The number of hydrogen-bond donors (Lipinski definition) is 0. The minimum atomic E-state index is -0.775. The molecule has 0 N–H and O–H groups in total. The predicted molar refractivity (Wildman–Crippen MR) is 261 cm³/mol. The van der Waals surface area contributed by atoms with E-state index in [0.29, 0.717) is 19.3 Å². The molecule has 0 bridgehead atoms. The molecule has 0 aliphatic heterocycles. The molecule has 0 saturated heterocycles. The van der Waals surface area contributed by atoms with E-state index in [2.05, 4.69) is 57.2 Å². The maximum atomic E-state index is 12.8. The van der Waals surface area contributed by atoms with Gasteiger partial charge in [0.2, 0.25) is 0 Å². The number of rotatable bonds is 48. The SMILES string of the molecule is CCCCC/C=C\C/C=C\C/C=C\CCCCCCC(=O)OC[C@@H](COC(=O)CCCCCCCCCCCC)OC(=O)CCCCCCCCCCCCCCCCCC. The third-order valence-corrected chi connectivity index (χ3v) is 11.6. The van der Waals surface area contributed by atoms with Gasteiger partial charge in [0.1, 0.15) is 13.2 Å². The van der Waals surface area contributed by atoms with Crippen LogP contribution in [0.2, 0.25) is 0 Å². The summed E-state index contributed by atoms with van der Waals surface area (Å²) in [6.45, 7) is 6.61. The van der Waals surface area contributed by atoms with E-state index in [1.54, 1.807) is 0 Å². The van der Waals surface area contributed by atoms with E-state index in [-0.39, 0.29) is 31.1 Å². The zero-order valence-corrected chi connectivity index (χ0v) is 40.7. The predicted octanol–water partition coefficient (Wildman–Crippen LogP) is 17.3. The molecule has 0 spiro atoms. The first kappa shape index (κ1) is 58.6. The van der Waals surface area contributed by atoms with Crippen LogP contribution in [0.5, 0.6) is 0 Å². The van der Waals surface area contributed by atoms with E-state index in [9.17, 15) is 14.4 Å². The van der Waals surface area contributed by atoms with Crippen LogP contribution in [-0.2, 0) is 28.6 Å². The molecule has 0 aliphatic rings. The van der Waals surface area contributed by atoms with E-state index in [4.69, 9.17) is 14.2 Å². The Hall–Kier alpha value is -2.37. The summed E-state index contributed by atoms with van der Waals surface area (Å²) in [6.07, 6.45) is 58.4. The molecule has 0 fully saturated rings. The van der Waals surface area contributed by atoms with Crippen LogP contribution in [0.4, 0.5) is 0 Å². The number of carbonyl (C=O) groups excluding carboxylic acids is 3. The van der Waals surface area contributed by atoms with Crippen molar-refractivity contribution in [3.8, 4) is 0 Å². The molecule has 0 amide bonds. The van der Waals surface area contributed by atoms with Crippen LogP contribution in [0.1, 0.15) is 278 Å². The first-order chi connectivity index (χ1) is 30.0. The van der Waals surface area contributed by atoms with Gasteiger partial charge in [0.05, 0.1) is 0 Å². The standard InChI is InChI=1S/C55H100O6/c1-4-7-10-13-16-19-22-24-26-28-30-31-33-36-39-42-45-48-54(57)60-51-52(50-59-53(56)47-44-41-38-35-21-18-15-12-9-6-3)61-55(58)49-46-43-40-37-34-32-29-27-25-23-20-17-14-11-8-5-2/h16,19,24,26,30-31,52H,4-15,17-18,20-23,25,27-29,32-51H2,1-3H3/b19-16-,26-24-,31-30-/t52-/m1/s1. The molecule has 0 aliphatic carbocycles. The first-order valence-corrected chi connectivity index (χ1v) is 26.5. The van der Waals surface area contributed by atoms with Gasteiger partial charge in [-0.25, -0.2) is 0 Å². The van der Waals surface area contributed by atoms with Gasteiger partial charge in [-0.3, -0.25) is 14.4 Å². The summed E-state index contributed by atoms with van der Waals surface area (Å²) in [5, 5.41) is 0. The van der Waals surface area contributed by atoms with E-state index in [1.807, 2.05) is 0 Å². The number of unbranched alkanes of at least 4 members (excludes halogenated alkanes) is 31. The molecule has 61 heavy (non-hydrogen) atoms. The Morgan fingerprint density at radius 3 is 0.951 bits per heavy atom. The highest BCUT2D eigenvalue weighted by Gasteiger charge is 2.19. The lowest BCUT2D eigenvalue weighted by Gasteiger charge is -2.18. The lowest BCUT2D eigenvalue weighted by molar-refractivity contribution is -0.167. The Bertz CT molecular complexity index is 1030. The molecule has 0 radical (unpaired) electrons. The molecular formula is C55H100O6. The van der Waals surface area contributed by atoms with Gasteiger partial charge in [-0.05, 0) is 57.8 Å². The second-order valence-corrected chi connectivity index (χ2v) is 17.8. The van der Waals surface area contributed by atoms with E-state index in [1.165, 1.54) is 154 Å². The van der Waals surface area contributed by atoms with Crippen molar-refractivity contribution in [1.82, 2.24) is 0 Å². The maximum absolute atomic E-state index is 12.8. The average molecular weight is 857 g/mol. The summed E-state index contributed by atoms with van der Waals surface area (Å²) < 4.78 is 16.8. The molecule has 356 valence electrons. The molecule has 0 aromatic heterocycles. The Kier molecular flexibility index (Phi) is 48.3. The second kappa shape index (κ2) is 50.3. The fourth-order valence-corrected chi connectivity index (χ4v) is 7.63. The molecule has 6 heteroatoms. The summed E-state index contributed by atoms with van der Waals surface area (Å²) in [4.78, 5) is 37.9. The lowest BCUT2D eigenvalue weighted by Crippen LogP contribution is -2.30. The van der Waals surface area contributed by atoms with Gasteiger partial charge in [0.15, 0.2) is 6.10 Å². The van der Waals surface area contributed by atoms with Crippen molar-refractivity contribution in [2.75, 3.05) is 13.2 Å². The molecular weight excluding hydrogens is 757 g/mol. The third-order valence-electron chi connectivity index (χ3n) is 11.6. The van der Waals surface area contributed by atoms with E-state index < -0.39 is 6.10 Å². The highest BCUT2D eigenvalue weighted by molar-refractivity contribution is 5.71. The normalized spacial score (nSPS) is 12.2. The van der Waals surface area contributed by atoms with Gasteiger partial charge in [-0.2, -0.15) is 0 Å². The smallest absolute Gasteiger partial charge is 0.306 e. The fourth-order valence-electron chi connectivity index (χ4n) is 7.63. The van der Waals surface area contributed by atoms with Crippen LogP contribution in [0.3, 0.4) is 0 Å². The molecule has 1 atom stereocenters. The minimum absolute atomic E-state index is 0.0753. The van der Waals surface area contributed by atoms with Gasteiger partial charge < -0.3 is 14.2 Å². The lowest BCUT2D eigenvalue weighted by atomic mass is 10.0. The molecule has 0 aromatic carbocycles. The third kappa shape index (κ3) is 48.5.